The van der Waals surface area contributed by atoms with Gasteiger partial charge in [-0.1, -0.05) is 42.5 Å². The number of nitrogens with two attached hydrogens (primary N) is 1. The Bertz CT molecular complexity index is 1130. The molecule has 5 rings (SSSR count). The van der Waals surface area contributed by atoms with Gasteiger partial charge in [0.1, 0.15) is 17.9 Å². The van der Waals surface area contributed by atoms with Gasteiger partial charge in [0.2, 0.25) is 5.71 Å². The molecular formula is C23H22N4O2. The summed E-state index contributed by atoms with van der Waals surface area (Å²) in [6.45, 7) is 1.53. The van der Waals surface area contributed by atoms with Gasteiger partial charge in [-0.15, -0.1) is 0 Å². The van der Waals surface area contributed by atoms with Crippen LogP contribution in [0, 0.1) is 0 Å². The first-order valence-electron chi connectivity index (χ1n) is 9.84. The van der Waals surface area contributed by atoms with Crippen LogP contribution >= 0.6 is 0 Å². The number of nitrogens with one attached hydrogen (secondary N) is 1. The minimum atomic E-state index is 0.209. The molecule has 4 aromatic rings. The SMILES string of the molecule is Nc1cccc(-c2oc3ncnc(NC[C@@H]4CCCO4)c3c2-c2ccccc2)c1. The number of rotatable bonds is 5. The van der Waals surface area contributed by atoms with Crippen molar-refractivity contribution in [3.63, 3.8) is 0 Å². The van der Waals surface area contributed by atoms with Crippen molar-refractivity contribution in [3.8, 4) is 22.5 Å². The quantitative estimate of drug-likeness (QED) is 0.482. The largest absolute Gasteiger partial charge is 0.437 e. The van der Waals surface area contributed by atoms with Crippen molar-refractivity contribution in [1.29, 1.82) is 0 Å². The molecule has 6 heteroatoms. The molecule has 3 N–H and O–H groups in total. The van der Waals surface area contributed by atoms with Crippen LogP contribution in [0.3, 0.4) is 0 Å². The van der Waals surface area contributed by atoms with E-state index in [0.717, 1.165) is 53.1 Å². The lowest BCUT2D eigenvalue weighted by atomic mass is 9.99. The average Bonchev–Trinajstić information content (AvgIpc) is 3.41. The summed E-state index contributed by atoms with van der Waals surface area (Å²) in [5.74, 6) is 1.49. The van der Waals surface area contributed by atoms with Crippen LogP contribution in [-0.4, -0.2) is 29.2 Å². The molecule has 3 heterocycles. The van der Waals surface area contributed by atoms with E-state index in [1.807, 2.05) is 42.5 Å². The number of hydrogen-bond acceptors (Lipinski definition) is 6. The maximum atomic E-state index is 6.23. The number of aromatic nitrogens is 2. The summed E-state index contributed by atoms with van der Waals surface area (Å²) in [5.41, 5.74) is 10.2. The Morgan fingerprint density at radius 2 is 1.90 bits per heavy atom. The normalized spacial score (nSPS) is 16.3. The van der Waals surface area contributed by atoms with Crippen LogP contribution in [0.2, 0.25) is 0 Å². The summed E-state index contributed by atoms with van der Waals surface area (Å²) in [6, 6.07) is 17.9. The van der Waals surface area contributed by atoms with Crippen molar-refractivity contribution in [2.75, 3.05) is 24.2 Å². The number of fused-ring (bicyclic) bond motifs is 1. The fourth-order valence-corrected chi connectivity index (χ4v) is 3.85. The van der Waals surface area contributed by atoms with Crippen LogP contribution in [0.5, 0.6) is 0 Å². The fraction of sp³-hybridized carbons (Fsp3) is 0.217. The van der Waals surface area contributed by atoms with E-state index >= 15 is 0 Å². The lowest BCUT2D eigenvalue weighted by Crippen LogP contribution is -2.19. The Balaban J connectivity index is 1.68. The van der Waals surface area contributed by atoms with Crippen LogP contribution in [-0.2, 0) is 4.74 Å². The summed E-state index contributed by atoms with van der Waals surface area (Å²) >= 11 is 0. The molecule has 1 aliphatic heterocycles. The molecule has 0 spiro atoms. The predicted molar refractivity (Wildman–Crippen MR) is 115 cm³/mol. The van der Waals surface area contributed by atoms with Gasteiger partial charge in [0.25, 0.3) is 0 Å². The van der Waals surface area contributed by atoms with E-state index in [9.17, 15) is 0 Å². The molecule has 1 atom stereocenters. The van der Waals surface area contributed by atoms with E-state index in [1.54, 1.807) is 0 Å². The molecule has 29 heavy (non-hydrogen) atoms. The van der Waals surface area contributed by atoms with Crippen molar-refractivity contribution >= 4 is 22.6 Å². The molecular weight excluding hydrogens is 364 g/mol. The summed E-state index contributed by atoms with van der Waals surface area (Å²) in [6.07, 6.45) is 3.90. The van der Waals surface area contributed by atoms with Gasteiger partial charge in [0.15, 0.2) is 0 Å². The lowest BCUT2D eigenvalue weighted by molar-refractivity contribution is 0.120. The molecule has 2 aromatic heterocycles. The zero-order valence-corrected chi connectivity index (χ0v) is 16.0. The van der Waals surface area contributed by atoms with Gasteiger partial charge < -0.3 is 20.2 Å². The Hall–Kier alpha value is -3.38. The first-order valence-corrected chi connectivity index (χ1v) is 9.84. The average molecular weight is 386 g/mol. The van der Waals surface area contributed by atoms with Crippen LogP contribution in [0.15, 0.2) is 65.3 Å². The number of nitrogen functional groups attached to an aromatic ring is 1. The van der Waals surface area contributed by atoms with Crippen molar-refractivity contribution < 1.29 is 9.15 Å². The van der Waals surface area contributed by atoms with E-state index in [1.165, 1.54) is 6.33 Å². The minimum Gasteiger partial charge on any atom is -0.437 e. The molecule has 146 valence electrons. The second kappa shape index (κ2) is 7.56. The number of furan rings is 1. The maximum Gasteiger partial charge on any atom is 0.232 e. The second-order valence-electron chi connectivity index (χ2n) is 7.22. The third-order valence-corrected chi connectivity index (χ3v) is 5.22. The molecule has 0 saturated carbocycles. The zero-order valence-electron chi connectivity index (χ0n) is 16.0. The molecule has 0 bridgehead atoms. The first-order chi connectivity index (χ1) is 14.3. The summed E-state index contributed by atoms with van der Waals surface area (Å²) in [7, 11) is 0. The van der Waals surface area contributed by atoms with E-state index in [-0.39, 0.29) is 6.10 Å². The number of nitrogens with zero attached hydrogens (tertiary/aromatic N) is 2. The lowest BCUT2D eigenvalue weighted by Gasteiger charge is -2.12. The molecule has 0 aliphatic carbocycles. The van der Waals surface area contributed by atoms with Crippen LogP contribution in [0.25, 0.3) is 33.6 Å². The second-order valence-corrected chi connectivity index (χ2v) is 7.22. The minimum absolute atomic E-state index is 0.209. The van der Waals surface area contributed by atoms with Gasteiger partial charge in [-0.25, -0.2) is 9.97 Å². The number of anilines is 2. The van der Waals surface area contributed by atoms with Gasteiger partial charge in [-0.2, -0.15) is 0 Å². The number of benzene rings is 2. The molecule has 1 fully saturated rings. The van der Waals surface area contributed by atoms with E-state index in [2.05, 4.69) is 27.4 Å². The first kappa shape index (κ1) is 17.7. The molecule has 6 nitrogen and oxygen atoms in total. The smallest absolute Gasteiger partial charge is 0.232 e. The topological polar surface area (TPSA) is 86.2 Å². The third-order valence-electron chi connectivity index (χ3n) is 5.22. The monoisotopic (exact) mass is 386 g/mol. The molecule has 1 saturated heterocycles. The van der Waals surface area contributed by atoms with Crippen LogP contribution < -0.4 is 11.1 Å². The maximum absolute atomic E-state index is 6.23. The van der Waals surface area contributed by atoms with Crippen molar-refractivity contribution in [2.45, 2.75) is 18.9 Å². The Morgan fingerprint density at radius 1 is 1.03 bits per heavy atom. The van der Waals surface area contributed by atoms with Gasteiger partial charge in [0, 0.05) is 30.0 Å². The molecule has 1 aliphatic rings. The van der Waals surface area contributed by atoms with E-state index in [0.29, 0.717) is 17.9 Å². The van der Waals surface area contributed by atoms with E-state index in [4.69, 9.17) is 14.9 Å². The van der Waals surface area contributed by atoms with Gasteiger partial charge in [-0.3, -0.25) is 0 Å². The van der Waals surface area contributed by atoms with Gasteiger partial charge >= 0.3 is 0 Å². The predicted octanol–water partition coefficient (Wildman–Crippen LogP) is 4.73. The molecule has 2 aromatic carbocycles. The van der Waals surface area contributed by atoms with Crippen molar-refractivity contribution in [3.05, 3.63) is 60.9 Å². The van der Waals surface area contributed by atoms with Gasteiger partial charge in [0.05, 0.1) is 11.5 Å². The Kier molecular flexibility index (Phi) is 4.62. The molecule has 0 radical (unpaired) electrons. The van der Waals surface area contributed by atoms with Crippen molar-refractivity contribution in [1.82, 2.24) is 9.97 Å². The highest BCUT2D eigenvalue weighted by Crippen LogP contribution is 2.42. The van der Waals surface area contributed by atoms with E-state index < -0.39 is 0 Å². The standard InChI is InChI=1S/C23H22N4O2/c24-17-9-4-8-16(12-17)21-19(15-6-2-1-3-7-15)20-22(26-14-27-23(20)29-21)25-13-18-10-5-11-28-18/h1-4,6-9,12,14,18H,5,10-11,13,24H2,(H,25,26,27)/t18-/m0/s1. The number of ether oxygens (including phenoxy) is 1. The van der Waals surface area contributed by atoms with Gasteiger partial charge in [-0.05, 0) is 30.5 Å². The van der Waals surface area contributed by atoms with Crippen LogP contribution in [0.1, 0.15) is 12.8 Å². The molecule has 0 amide bonds. The third kappa shape index (κ3) is 3.43. The highest BCUT2D eigenvalue weighted by molar-refractivity contribution is 6.05. The molecule has 0 unspecified atom stereocenters. The highest BCUT2D eigenvalue weighted by Gasteiger charge is 2.23. The van der Waals surface area contributed by atoms with Crippen LogP contribution in [0.4, 0.5) is 11.5 Å². The Labute approximate surface area is 168 Å². The zero-order chi connectivity index (χ0) is 19.6. The summed E-state index contributed by atoms with van der Waals surface area (Å²) in [5, 5.41) is 4.32. The summed E-state index contributed by atoms with van der Waals surface area (Å²) < 4.78 is 12.0. The highest BCUT2D eigenvalue weighted by atomic mass is 16.5. The Morgan fingerprint density at radius 3 is 2.69 bits per heavy atom. The summed E-state index contributed by atoms with van der Waals surface area (Å²) in [4.78, 5) is 8.91. The van der Waals surface area contributed by atoms with Crippen molar-refractivity contribution in [2.24, 2.45) is 0 Å². The number of hydrogen-bond donors (Lipinski definition) is 2. The fourth-order valence-electron chi connectivity index (χ4n) is 3.85.